The Balaban J connectivity index is 2.80. The minimum Gasteiger partial charge on any atom is -0.294 e. The van der Waals surface area contributed by atoms with Crippen molar-refractivity contribution in [3.05, 3.63) is 10.1 Å². The highest BCUT2D eigenvalue weighted by molar-refractivity contribution is 5.95. The van der Waals surface area contributed by atoms with Gasteiger partial charge in [-0.3, -0.25) is 10.1 Å². The molecule has 0 heterocycles. The van der Waals surface area contributed by atoms with Gasteiger partial charge in [0.05, 0.1) is 0 Å². The molecular formula is H2BNO2. The van der Waals surface area contributed by atoms with Crippen molar-refractivity contribution in [2.45, 2.75) is 0 Å². The Labute approximate surface area is 24.2 Å². The Morgan fingerprint density at radius 1 is 2.00 bits per heavy atom. The lowest BCUT2D eigenvalue weighted by Gasteiger charge is -1.64. The van der Waals surface area contributed by atoms with Crippen molar-refractivity contribution in [3.63, 3.8) is 0 Å². The van der Waals surface area contributed by atoms with Crippen LogP contribution in [0.4, 0.5) is 0 Å². The summed E-state index contributed by atoms with van der Waals surface area (Å²) in [5.41, 5.74) is 0. The summed E-state index contributed by atoms with van der Waals surface area (Å²) in [4.78, 5) is 8.31. The summed E-state index contributed by atoms with van der Waals surface area (Å²) in [6, 6.07) is 0. The van der Waals surface area contributed by atoms with E-state index in [1.54, 1.807) is 0 Å². The van der Waals surface area contributed by atoms with Crippen LogP contribution in [0, 0.1) is 10.1 Å². The van der Waals surface area contributed by atoms with Crippen molar-refractivity contribution >= 4 is 7.98 Å². The van der Waals surface area contributed by atoms with E-state index in [9.17, 15) is 0 Å². The van der Waals surface area contributed by atoms with Crippen LogP contribution in [0.3, 0.4) is 0 Å². The molecule has 0 aliphatic rings. The Morgan fingerprint density at radius 3 is 2.00 bits per heavy atom. The molecule has 0 amide bonds. The van der Waals surface area contributed by atoms with Gasteiger partial charge >= 0.3 is 7.98 Å². The van der Waals surface area contributed by atoms with Crippen molar-refractivity contribution in [1.82, 2.24) is 0 Å². The van der Waals surface area contributed by atoms with Gasteiger partial charge < -0.3 is 0 Å². The molecular weight excluding hydrogens is 56.8 g/mol. The van der Waals surface area contributed by atoms with E-state index in [2.05, 4.69) is 0 Å². The monoisotopic (exact) mass is 59.0 g/mol. The molecule has 0 fully saturated rings. The van der Waals surface area contributed by atoms with Gasteiger partial charge in [-0.15, -0.1) is 0 Å². The van der Waals surface area contributed by atoms with E-state index in [1.165, 1.54) is 0 Å². The number of hydrogen-bond donors (Lipinski definition) is 0. The minimum absolute atomic E-state index is 0.500. The molecule has 4 heteroatoms. The summed E-state index contributed by atoms with van der Waals surface area (Å²) in [5.74, 6) is 0. The normalized spacial score (nSPS) is 6.00. The predicted molar refractivity (Wildman–Crippen MR) is 15.5 cm³/mol. The molecule has 0 radical (unpaired) electrons. The Kier molecular flexibility index (Phi) is 0.754. The van der Waals surface area contributed by atoms with E-state index in [4.69, 9.17) is 10.1 Å². The van der Waals surface area contributed by atoms with E-state index in [1.807, 2.05) is 0 Å². The van der Waals surface area contributed by atoms with Gasteiger partial charge in [-0.2, -0.15) is 0 Å². The fourth-order valence-electron chi connectivity index (χ4n) is 0. The average Bonchev–Trinajstić information content (AvgIpc) is 0.811. The highest BCUT2D eigenvalue weighted by atomic mass is 16.6. The molecule has 0 N–H and O–H groups in total. The number of nitrogens with zero attached hydrogens (tertiary/aromatic N) is 1. The van der Waals surface area contributed by atoms with Crippen LogP contribution in [0.1, 0.15) is 0 Å². The largest absolute Gasteiger partial charge is 0.518 e. The SMILES string of the molecule is B[N+](=O)[O-]. The molecule has 0 aromatic heterocycles. The maximum Gasteiger partial charge on any atom is 0.518 e. The first kappa shape index (κ1) is 3.46. The Bertz CT molecular complexity index is 29.0. The van der Waals surface area contributed by atoms with Gasteiger partial charge in [0, 0.05) is 0 Å². The average molecular weight is 58.8 g/mol. The summed E-state index contributed by atoms with van der Waals surface area (Å²) < 4.78 is 0. The predicted octanol–water partition coefficient (Wildman–Crippen LogP) is -1.19. The molecule has 0 unspecified atom stereocenters. The number of nitro groups is 1. The van der Waals surface area contributed by atoms with E-state index >= 15 is 0 Å². The zero-order valence-electron chi connectivity index (χ0n) is 2.26. The third-order valence-corrected chi connectivity index (χ3v) is 0. The maximum absolute atomic E-state index is 8.81. The molecule has 0 rings (SSSR count). The number of hydrogen-bond acceptors (Lipinski definition) is 2. The van der Waals surface area contributed by atoms with Crippen LogP contribution >= 0.6 is 0 Å². The fourth-order valence-corrected chi connectivity index (χ4v) is 0. The lowest BCUT2D eigenvalue weighted by molar-refractivity contribution is -0.312. The quantitative estimate of drug-likeness (QED) is 0.200. The highest BCUT2D eigenvalue weighted by Crippen LogP contribution is 1.36. The topological polar surface area (TPSA) is 43.1 Å². The second-order valence-corrected chi connectivity index (χ2v) is 0.440. The van der Waals surface area contributed by atoms with Crippen molar-refractivity contribution in [3.8, 4) is 0 Å². The third-order valence-electron chi connectivity index (χ3n) is 0. The van der Waals surface area contributed by atoms with Crippen molar-refractivity contribution in [2.24, 2.45) is 0 Å². The molecule has 0 saturated carbocycles. The van der Waals surface area contributed by atoms with E-state index < -0.39 is 4.83 Å². The second-order valence-electron chi connectivity index (χ2n) is 0.440. The lowest BCUT2D eigenvalue weighted by Crippen LogP contribution is -1.83. The first-order valence-corrected chi connectivity index (χ1v) is 0.812. The van der Waals surface area contributed by atoms with Gasteiger partial charge in [-0.05, 0) is 0 Å². The van der Waals surface area contributed by atoms with Crippen LogP contribution in [0.2, 0.25) is 0 Å². The lowest BCUT2D eigenvalue weighted by atomic mass is 10.5. The standard InChI is InChI=1S/BH2NO2/c1-2(3)4/h1H2. The van der Waals surface area contributed by atoms with Crippen LogP contribution in [0.15, 0.2) is 0 Å². The van der Waals surface area contributed by atoms with Gasteiger partial charge in [0.2, 0.25) is 0 Å². The van der Waals surface area contributed by atoms with Gasteiger partial charge in [0.1, 0.15) is 0 Å². The second kappa shape index (κ2) is 0.871. The van der Waals surface area contributed by atoms with Crippen LogP contribution in [0.25, 0.3) is 0 Å². The molecule has 22 valence electrons. The Morgan fingerprint density at radius 2 is 2.00 bits per heavy atom. The van der Waals surface area contributed by atoms with Gasteiger partial charge in [0.15, 0.2) is 0 Å². The van der Waals surface area contributed by atoms with E-state index in [-0.39, 0.29) is 0 Å². The zero-order chi connectivity index (χ0) is 3.58. The summed E-state index contributed by atoms with van der Waals surface area (Å²) in [6.07, 6.45) is 0. The zero-order valence-corrected chi connectivity index (χ0v) is 2.26. The summed E-state index contributed by atoms with van der Waals surface area (Å²) in [5, 5.41) is 8.81. The van der Waals surface area contributed by atoms with E-state index in [0.29, 0.717) is 0 Å². The Hall–Kier alpha value is -0.535. The molecule has 0 aromatic rings. The number of rotatable bonds is 0. The molecule has 0 saturated heterocycles. The summed E-state index contributed by atoms with van der Waals surface area (Å²) in [7, 11) is 0.889. The van der Waals surface area contributed by atoms with Crippen molar-refractivity contribution < 1.29 is 4.83 Å². The van der Waals surface area contributed by atoms with Gasteiger partial charge in [-0.1, -0.05) is 4.83 Å². The molecule has 0 aliphatic carbocycles. The van der Waals surface area contributed by atoms with Crippen LogP contribution in [0.5, 0.6) is 0 Å². The van der Waals surface area contributed by atoms with E-state index in [0.717, 1.165) is 7.98 Å². The molecule has 4 heavy (non-hydrogen) atoms. The molecule has 0 spiro atoms. The van der Waals surface area contributed by atoms with Crippen molar-refractivity contribution in [2.75, 3.05) is 0 Å². The fraction of sp³-hybridized carbons (Fsp3) is 0. The molecule has 0 atom stereocenters. The molecule has 0 bridgehead atoms. The highest BCUT2D eigenvalue weighted by Gasteiger charge is 1.62. The van der Waals surface area contributed by atoms with Crippen molar-refractivity contribution in [1.29, 1.82) is 0 Å². The summed E-state index contributed by atoms with van der Waals surface area (Å²) >= 11 is 0. The molecule has 0 aliphatic heterocycles. The summed E-state index contributed by atoms with van der Waals surface area (Å²) in [6.45, 7) is 0. The smallest absolute Gasteiger partial charge is 0.294 e. The van der Waals surface area contributed by atoms with Crippen LogP contribution < -0.4 is 0 Å². The minimum atomic E-state index is -0.500. The van der Waals surface area contributed by atoms with Gasteiger partial charge in [-0.25, -0.2) is 0 Å². The first-order valence-electron chi connectivity index (χ1n) is 0.812. The molecule has 3 nitrogen and oxygen atoms in total. The third kappa shape index (κ3) is 1.11. The molecule has 0 aromatic carbocycles. The van der Waals surface area contributed by atoms with Gasteiger partial charge in [0.25, 0.3) is 0 Å². The first-order chi connectivity index (χ1) is 1.73. The van der Waals surface area contributed by atoms with Crippen LogP contribution in [-0.4, -0.2) is 12.8 Å². The van der Waals surface area contributed by atoms with Crippen LogP contribution in [-0.2, 0) is 0 Å². The maximum atomic E-state index is 8.81.